The van der Waals surface area contributed by atoms with Crippen molar-refractivity contribution >= 4 is 23.1 Å². The van der Waals surface area contributed by atoms with Gasteiger partial charge in [0.25, 0.3) is 0 Å². The van der Waals surface area contributed by atoms with E-state index in [0.29, 0.717) is 0 Å². The van der Waals surface area contributed by atoms with Crippen LogP contribution in [0.15, 0.2) is 58.6 Å². The summed E-state index contributed by atoms with van der Waals surface area (Å²) in [6, 6.07) is 11.2. The Bertz CT molecular complexity index is 701. The molecule has 0 bridgehead atoms. The van der Waals surface area contributed by atoms with E-state index in [2.05, 4.69) is 51.5 Å². The van der Waals surface area contributed by atoms with Crippen LogP contribution in [-0.2, 0) is 5.75 Å². The van der Waals surface area contributed by atoms with Crippen molar-refractivity contribution in [2.45, 2.75) is 16.0 Å². The molecule has 0 unspecified atom stereocenters. The lowest BCUT2D eigenvalue weighted by molar-refractivity contribution is 0.668. The van der Waals surface area contributed by atoms with Gasteiger partial charge in [0.2, 0.25) is 0 Å². The quantitative estimate of drug-likeness (QED) is 0.667. The van der Waals surface area contributed by atoms with E-state index >= 15 is 0 Å². The number of aromatic nitrogens is 2. The third-order valence-corrected chi connectivity index (χ3v) is 5.80. The van der Waals surface area contributed by atoms with Crippen LogP contribution in [0.1, 0.15) is 22.7 Å². The predicted molar refractivity (Wildman–Crippen MR) is 79.8 cm³/mol. The Morgan fingerprint density at radius 1 is 1.16 bits per heavy atom. The molecule has 0 saturated carbocycles. The van der Waals surface area contributed by atoms with E-state index in [4.69, 9.17) is 0 Å². The summed E-state index contributed by atoms with van der Waals surface area (Å²) < 4.78 is 3.63. The number of fused-ring (bicyclic) bond motifs is 2. The first kappa shape index (κ1) is 11.3. The fourth-order valence-electron chi connectivity index (χ4n) is 2.61. The van der Waals surface area contributed by atoms with Crippen LogP contribution in [0.3, 0.4) is 0 Å². The maximum absolute atomic E-state index is 4.22. The molecule has 0 aliphatic carbocycles. The highest BCUT2D eigenvalue weighted by molar-refractivity contribution is 8.00. The van der Waals surface area contributed by atoms with Gasteiger partial charge in [-0.3, -0.25) is 0 Å². The third-order valence-electron chi connectivity index (χ3n) is 3.48. The largest absolute Gasteiger partial charge is 0.326 e. The number of rotatable bonds is 1. The third kappa shape index (κ3) is 1.83. The van der Waals surface area contributed by atoms with Crippen molar-refractivity contribution in [3.05, 3.63) is 71.1 Å². The number of thioether (sulfide) groups is 1. The average molecular weight is 284 g/mol. The van der Waals surface area contributed by atoms with Crippen molar-refractivity contribution in [3.8, 4) is 0 Å². The fourth-order valence-corrected chi connectivity index (χ4v) is 4.78. The van der Waals surface area contributed by atoms with Crippen LogP contribution in [0.2, 0.25) is 0 Å². The van der Waals surface area contributed by atoms with Gasteiger partial charge in [-0.15, -0.1) is 23.1 Å². The molecule has 1 atom stereocenters. The lowest BCUT2D eigenvalue weighted by atomic mass is 9.97. The van der Waals surface area contributed by atoms with Crippen LogP contribution >= 0.6 is 23.1 Å². The molecule has 2 aromatic heterocycles. The highest BCUT2D eigenvalue weighted by atomic mass is 32.2. The number of hydrogen-bond donors (Lipinski definition) is 0. The summed E-state index contributed by atoms with van der Waals surface area (Å²) in [5.74, 6) is 1.05. The molecule has 0 N–H and O–H groups in total. The molecule has 3 aromatic rings. The van der Waals surface area contributed by atoms with E-state index in [-0.39, 0.29) is 6.04 Å². The van der Waals surface area contributed by atoms with Gasteiger partial charge in [-0.1, -0.05) is 24.3 Å². The standard InChI is InChI=1S/C15H12N2S2/c1-2-4-12-11(3-1)9-19-15-13(5-8-18-15)14(12)17-7-6-16-10-17/h1-8,10,14H,9H2/t14-/m0/s1. The Morgan fingerprint density at radius 3 is 3.00 bits per heavy atom. The SMILES string of the molecule is c1ccc2c(c1)CSc1sccc1[C@H]2n1ccnc1. The molecule has 0 spiro atoms. The molecule has 4 heteroatoms. The highest BCUT2D eigenvalue weighted by Crippen LogP contribution is 2.43. The Labute approximate surface area is 120 Å². The van der Waals surface area contributed by atoms with Gasteiger partial charge in [0.15, 0.2) is 0 Å². The Kier molecular flexibility index (Phi) is 2.71. The second kappa shape index (κ2) is 4.54. The van der Waals surface area contributed by atoms with Crippen LogP contribution in [0, 0.1) is 0 Å². The van der Waals surface area contributed by atoms with Crippen molar-refractivity contribution < 1.29 is 0 Å². The van der Waals surface area contributed by atoms with E-state index in [1.807, 2.05) is 35.6 Å². The lowest BCUT2D eigenvalue weighted by Crippen LogP contribution is -2.11. The van der Waals surface area contributed by atoms with Gasteiger partial charge in [-0.25, -0.2) is 4.98 Å². The Morgan fingerprint density at radius 2 is 2.11 bits per heavy atom. The maximum atomic E-state index is 4.22. The van der Waals surface area contributed by atoms with Gasteiger partial charge in [0.05, 0.1) is 16.6 Å². The number of benzene rings is 1. The molecular weight excluding hydrogens is 272 g/mol. The first-order valence-electron chi connectivity index (χ1n) is 6.19. The molecule has 4 rings (SSSR count). The summed E-state index contributed by atoms with van der Waals surface area (Å²) in [7, 11) is 0. The van der Waals surface area contributed by atoms with Crippen LogP contribution in [0.25, 0.3) is 0 Å². The molecule has 0 fully saturated rings. The van der Waals surface area contributed by atoms with E-state index in [1.165, 1.54) is 20.9 Å². The van der Waals surface area contributed by atoms with Gasteiger partial charge < -0.3 is 4.57 Å². The Balaban J connectivity index is 1.98. The van der Waals surface area contributed by atoms with Gasteiger partial charge >= 0.3 is 0 Å². The normalized spacial score (nSPS) is 17.6. The van der Waals surface area contributed by atoms with Crippen LogP contribution < -0.4 is 0 Å². The minimum absolute atomic E-state index is 0.259. The van der Waals surface area contributed by atoms with E-state index < -0.39 is 0 Å². The zero-order chi connectivity index (χ0) is 12.7. The molecule has 94 valence electrons. The number of nitrogens with zero attached hydrogens (tertiary/aromatic N) is 2. The van der Waals surface area contributed by atoms with Gasteiger partial charge in [0.1, 0.15) is 0 Å². The fraction of sp³-hybridized carbons (Fsp3) is 0.133. The minimum Gasteiger partial charge on any atom is -0.326 e. The van der Waals surface area contributed by atoms with E-state index in [1.54, 1.807) is 0 Å². The zero-order valence-electron chi connectivity index (χ0n) is 10.2. The van der Waals surface area contributed by atoms with E-state index in [9.17, 15) is 0 Å². The summed E-state index contributed by atoms with van der Waals surface area (Å²) >= 11 is 3.78. The number of imidazole rings is 1. The summed E-state index contributed by atoms with van der Waals surface area (Å²) in [6.07, 6.45) is 5.82. The molecule has 1 aliphatic rings. The van der Waals surface area contributed by atoms with Crippen molar-refractivity contribution in [1.29, 1.82) is 0 Å². The number of hydrogen-bond acceptors (Lipinski definition) is 3. The molecule has 1 aliphatic heterocycles. The second-order valence-corrected chi connectivity index (χ2v) is 6.72. The molecule has 0 saturated heterocycles. The Hall–Kier alpha value is -1.52. The molecular formula is C15H12N2S2. The highest BCUT2D eigenvalue weighted by Gasteiger charge is 2.25. The van der Waals surface area contributed by atoms with Crippen LogP contribution in [0.5, 0.6) is 0 Å². The molecule has 0 radical (unpaired) electrons. The van der Waals surface area contributed by atoms with E-state index in [0.717, 1.165) is 5.75 Å². The first-order valence-corrected chi connectivity index (χ1v) is 8.05. The molecule has 1 aromatic carbocycles. The molecule has 19 heavy (non-hydrogen) atoms. The van der Waals surface area contributed by atoms with Crippen molar-refractivity contribution in [2.75, 3.05) is 0 Å². The topological polar surface area (TPSA) is 17.8 Å². The van der Waals surface area contributed by atoms with Gasteiger partial charge in [-0.05, 0) is 22.6 Å². The number of thiophene rings is 1. The lowest BCUT2D eigenvalue weighted by Gasteiger charge is -2.19. The summed E-state index contributed by atoms with van der Waals surface area (Å²) in [4.78, 5) is 4.22. The average Bonchev–Trinajstić information content (AvgIpc) is 3.09. The van der Waals surface area contributed by atoms with Crippen molar-refractivity contribution in [2.24, 2.45) is 0 Å². The van der Waals surface area contributed by atoms with Crippen LogP contribution in [0.4, 0.5) is 0 Å². The summed E-state index contributed by atoms with van der Waals surface area (Å²) in [5, 5.41) is 2.19. The van der Waals surface area contributed by atoms with Gasteiger partial charge in [-0.2, -0.15) is 0 Å². The minimum atomic E-state index is 0.259. The summed E-state index contributed by atoms with van der Waals surface area (Å²) in [6.45, 7) is 0. The molecule has 3 heterocycles. The van der Waals surface area contributed by atoms with Crippen molar-refractivity contribution in [3.63, 3.8) is 0 Å². The van der Waals surface area contributed by atoms with Gasteiger partial charge in [0, 0.05) is 23.7 Å². The second-order valence-electron chi connectivity index (χ2n) is 4.56. The van der Waals surface area contributed by atoms with Crippen molar-refractivity contribution in [1.82, 2.24) is 9.55 Å². The predicted octanol–water partition coefficient (Wildman–Crippen LogP) is 4.19. The maximum Gasteiger partial charge on any atom is 0.0954 e. The zero-order valence-corrected chi connectivity index (χ0v) is 11.8. The smallest absolute Gasteiger partial charge is 0.0954 e. The van der Waals surface area contributed by atoms with Crippen LogP contribution in [-0.4, -0.2) is 9.55 Å². The molecule has 0 amide bonds. The monoisotopic (exact) mass is 284 g/mol. The molecule has 2 nitrogen and oxygen atoms in total. The summed E-state index contributed by atoms with van der Waals surface area (Å²) in [5.41, 5.74) is 4.22. The first-order chi connectivity index (χ1) is 9.43.